The van der Waals surface area contributed by atoms with Crippen molar-refractivity contribution in [1.82, 2.24) is 4.98 Å². The molecule has 0 N–H and O–H groups in total. The van der Waals surface area contributed by atoms with E-state index < -0.39 is 0 Å². The lowest BCUT2D eigenvalue weighted by molar-refractivity contribution is 0.834. The second kappa shape index (κ2) is 11.4. The molecule has 34 heavy (non-hydrogen) atoms. The minimum Gasteiger partial charge on any atom is -0.254 e. The molecule has 0 fully saturated rings. The van der Waals surface area contributed by atoms with E-state index in [1.807, 2.05) is 30.6 Å². The normalized spacial score (nSPS) is 12.4. The zero-order valence-electron chi connectivity index (χ0n) is 22.0. The summed E-state index contributed by atoms with van der Waals surface area (Å²) in [6.45, 7) is 17.8. The third-order valence-corrected chi connectivity index (χ3v) is 6.14. The average Bonchev–Trinajstić information content (AvgIpc) is 2.81. The van der Waals surface area contributed by atoms with Crippen molar-refractivity contribution >= 4 is 23.8 Å². The maximum absolute atomic E-state index is 4.79. The molecule has 0 unspecified atom stereocenters. The smallest absolute Gasteiger partial charge is 0.0820 e. The molecule has 1 aromatic heterocycles. The predicted octanol–water partition coefficient (Wildman–Crippen LogP) is 9.08. The fraction of sp³-hybridized carbons (Fsp3) is 0.387. The molecular weight excluding hydrogens is 414 g/mol. The first-order chi connectivity index (χ1) is 16.2. The monoisotopic (exact) mass is 453 g/mol. The molecule has 178 valence electrons. The van der Waals surface area contributed by atoms with Gasteiger partial charge < -0.3 is 0 Å². The van der Waals surface area contributed by atoms with Crippen LogP contribution in [0.2, 0.25) is 0 Å². The Hall–Kier alpha value is -3.07. The Balaban J connectivity index is 1.85. The van der Waals surface area contributed by atoms with Gasteiger partial charge in [0.05, 0.1) is 35.2 Å². The molecule has 0 bridgehead atoms. The third kappa shape index (κ3) is 6.50. The zero-order chi connectivity index (χ0) is 24.8. The summed E-state index contributed by atoms with van der Waals surface area (Å²) in [4.78, 5) is 14.3. The Morgan fingerprint density at radius 2 is 0.971 bits per heavy atom. The van der Waals surface area contributed by atoms with E-state index >= 15 is 0 Å². The summed E-state index contributed by atoms with van der Waals surface area (Å²) >= 11 is 0. The molecule has 0 saturated carbocycles. The lowest BCUT2D eigenvalue weighted by atomic mass is 9.94. The van der Waals surface area contributed by atoms with E-state index in [0.29, 0.717) is 23.7 Å². The van der Waals surface area contributed by atoms with Gasteiger partial charge in [-0.25, -0.2) is 4.98 Å². The Kier molecular flexibility index (Phi) is 8.55. The van der Waals surface area contributed by atoms with Gasteiger partial charge in [-0.1, -0.05) is 85.7 Å². The van der Waals surface area contributed by atoms with Crippen molar-refractivity contribution in [1.29, 1.82) is 0 Å². The van der Waals surface area contributed by atoms with Gasteiger partial charge >= 0.3 is 0 Å². The topological polar surface area (TPSA) is 37.6 Å². The summed E-state index contributed by atoms with van der Waals surface area (Å²) in [6, 6.07) is 19.1. The molecule has 3 aromatic rings. The van der Waals surface area contributed by atoms with Crippen molar-refractivity contribution in [3.63, 3.8) is 0 Å². The van der Waals surface area contributed by atoms with E-state index in [2.05, 4.69) is 91.8 Å². The first-order valence-corrected chi connectivity index (χ1v) is 12.5. The number of hydrogen-bond acceptors (Lipinski definition) is 3. The molecule has 2 aromatic carbocycles. The first-order valence-electron chi connectivity index (χ1n) is 12.5. The van der Waals surface area contributed by atoms with Crippen LogP contribution in [0.5, 0.6) is 0 Å². The first kappa shape index (κ1) is 25.6. The van der Waals surface area contributed by atoms with E-state index in [4.69, 9.17) is 15.0 Å². The lowest BCUT2D eigenvalue weighted by Gasteiger charge is -2.14. The maximum atomic E-state index is 4.79. The highest BCUT2D eigenvalue weighted by atomic mass is 14.8. The minimum atomic E-state index is 0.412. The van der Waals surface area contributed by atoms with Crippen LogP contribution in [0.15, 0.2) is 64.6 Å². The molecule has 3 nitrogen and oxygen atoms in total. The molecule has 0 aliphatic heterocycles. The van der Waals surface area contributed by atoms with Crippen LogP contribution in [-0.4, -0.2) is 17.4 Å². The largest absolute Gasteiger partial charge is 0.254 e. The summed E-state index contributed by atoms with van der Waals surface area (Å²) in [7, 11) is 0. The molecule has 3 heteroatoms. The van der Waals surface area contributed by atoms with Crippen molar-refractivity contribution < 1.29 is 0 Å². The van der Waals surface area contributed by atoms with Crippen LogP contribution < -0.4 is 0 Å². The van der Waals surface area contributed by atoms with Gasteiger partial charge in [-0.15, -0.1) is 0 Å². The maximum Gasteiger partial charge on any atom is 0.0820 e. The van der Waals surface area contributed by atoms with Crippen LogP contribution in [-0.2, 0) is 0 Å². The van der Waals surface area contributed by atoms with Gasteiger partial charge in [0.1, 0.15) is 0 Å². The average molecular weight is 454 g/mol. The molecule has 0 aliphatic rings. The van der Waals surface area contributed by atoms with Crippen molar-refractivity contribution in [2.45, 2.75) is 79.1 Å². The summed E-state index contributed by atoms with van der Waals surface area (Å²) < 4.78 is 0. The number of aromatic nitrogens is 1. The molecule has 1 heterocycles. The SMILES string of the molecule is CC(C)c1ccc(N=Cc2cccc(C=Nc3ccc(C(C)C)cc3C(C)C)n2)c(C(C)C)c1. The van der Waals surface area contributed by atoms with Gasteiger partial charge in [0, 0.05) is 0 Å². The number of aliphatic imine (C=N–C) groups is 2. The van der Waals surface area contributed by atoms with Gasteiger partial charge in [-0.3, -0.25) is 9.98 Å². The predicted molar refractivity (Wildman–Crippen MR) is 148 cm³/mol. The third-order valence-electron chi connectivity index (χ3n) is 6.14. The molecule has 0 amide bonds. The Bertz CT molecular complexity index is 1080. The molecular formula is C31H39N3. The highest BCUT2D eigenvalue weighted by Gasteiger charge is 2.10. The number of benzene rings is 2. The Morgan fingerprint density at radius 1 is 0.559 bits per heavy atom. The van der Waals surface area contributed by atoms with Crippen LogP contribution >= 0.6 is 0 Å². The van der Waals surface area contributed by atoms with E-state index in [0.717, 1.165) is 22.8 Å². The van der Waals surface area contributed by atoms with Crippen LogP contribution in [0.1, 0.15) is 113 Å². The van der Waals surface area contributed by atoms with Gasteiger partial charge in [-0.05, 0) is 70.2 Å². The number of pyridine rings is 1. The highest BCUT2D eigenvalue weighted by molar-refractivity contribution is 5.84. The van der Waals surface area contributed by atoms with E-state index in [1.165, 1.54) is 22.3 Å². The number of hydrogen-bond donors (Lipinski definition) is 0. The molecule has 0 saturated heterocycles. The molecule has 0 spiro atoms. The van der Waals surface area contributed by atoms with Crippen LogP contribution in [0, 0.1) is 0 Å². The quantitative estimate of drug-likeness (QED) is 0.313. The van der Waals surface area contributed by atoms with Crippen molar-refractivity contribution in [3.05, 3.63) is 88.2 Å². The Morgan fingerprint density at radius 3 is 1.32 bits per heavy atom. The molecule has 0 radical (unpaired) electrons. The minimum absolute atomic E-state index is 0.412. The Labute approximate surface area is 206 Å². The fourth-order valence-electron chi connectivity index (χ4n) is 3.91. The number of nitrogens with zero attached hydrogens (tertiary/aromatic N) is 3. The number of rotatable bonds is 8. The van der Waals surface area contributed by atoms with Gasteiger partial charge in [0.15, 0.2) is 0 Å². The van der Waals surface area contributed by atoms with Crippen LogP contribution in [0.3, 0.4) is 0 Å². The van der Waals surface area contributed by atoms with Crippen molar-refractivity contribution in [2.75, 3.05) is 0 Å². The summed E-state index contributed by atoms with van der Waals surface area (Å²) in [5.74, 6) is 1.83. The van der Waals surface area contributed by atoms with Crippen LogP contribution in [0.4, 0.5) is 11.4 Å². The van der Waals surface area contributed by atoms with E-state index in [-0.39, 0.29) is 0 Å². The van der Waals surface area contributed by atoms with E-state index in [9.17, 15) is 0 Å². The van der Waals surface area contributed by atoms with Gasteiger partial charge in [-0.2, -0.15) is 0 Å². The zero-order valence-corrected chi connectivity index (χ0v) is 22.0. The second-order valence-corrected chi connectivity index (χ2v) is 10.3. The second-order valence-electron chi connectivity index (χ2n) is 10.3. The highest BCUT2D eigenvalue weighted by Crippen LogP contribution is 2.31. The molecule has 0 aliphatic carbocycles. The van der Waals surface area contributed by atoms with Crippen molar-refractivity contribution in [2.24, 2.45) is 9.98 Å². The van der Waals surface area contributed by atoms with E-state index in [1.54, 1.807) is 0 Å². The van der Waals surface area contributed by atoms with Crippen molar-refractivity contribution in [3.8, 4) is 0 Å². The van der Waals surface area contributed by atoms with Gasteiger partial charge in [0.25, 0.3) is 0 Å². The standard InChI is InChI=1S/C31H39N3/c1-20(2)24-12-14-30(28(16-24)22(5)6)32-18-26-10-9-11-27(34-26)19-33-31-15-13-25(21(3)4)17-29(31)23(7)8/h9-23H,1-8H3. The molecule has 3 rings (SSSR count). The lowest BCUT2D eigenvalue weighted by Crippen LogP contribution is -1.96. The van der Waals surface area contributed by atoms with Crippen LogP contribution in [0.25, 0.3) is 0 Å². The van der Waals surface area contributed by atoms with Gasteiger partial charge in [0.2, 0.25) is 0 Å². The molecule has 0 atom stereocenters. The summed E-state index contributed by atoms with van der Waals surface area (Å²) in [5.41, 5.74) is 8.90. The summed E-state index contributed by atoms with van der Waals surface area (Å²) in [5, 5.41) is 0. The summed E-state index contributed by atoms with van der Waals surface area (Å²) in [6.07, 6.45) is 3.70. The fourth-order valence-corrected chi connectivity index (χ4v) is 3.91.